The molecule has 5 heteroatoms. The average Bonchev–Trinajstić information content (AvgIpc) is 2.77. The molecule has 0 bridgehead atoms. The van der Waals surface area contributed by atoms with Crippen molar-refractivity contribution in [3.05, 3.63) is 28.8 Å². The van der Waals surface area contributed by atoms with Crippen LogP contribution in [0.15, 0.2) is 18.2 Å². The van der Waals surface area contributed by atoms with Gasteiger partial charge >= 0.3 is 5.97 Å². The zero-order chi connectivity index (χ0) is 12.4. The number of carbonyl (C=O) groups is 1. The molecule has 0 aliphatic carbocycles. The highest BCUT2D eigenvalue weighted by Crippen LogP contribution is 2.36. The molecule has 2 N–H and O–H groups in total. The van der Waals surface area contributed by atoms with Gasteiger partial charge in [0.25, 0.3) is 0 Å². The minimum Gasteiger partial charge on any atom is -0.496 e. The molecule has 0 amide bonds. The average molecular weight is 256 g/mol. The first-order valence-corrected chi connectivity index (χ1v) is 5.78. The summed E-state index contributed by atoms with van der Waals surface area (Å²) in [7, 11) is 1.57. The lowest BCUT2D eigenvalue weighted by Crippen LogP contribution is -2.21. The van der Waals surface area contributed by atoms with Gasteiger partial charge in [-0.2, -0.15) is 0 Å². The van der Waals surface area contributed by atoms with E-state index in [1.165, 1.54) is 0 Å². The maximum absolute atomic E-state index is 11.2. The van der Waals surface area contributed by atoms with Crippen LogP contribution in [0.25, 0.3) is 0 Å². The lowest BCUT2D eigenvalue weighted by atomic mass is 9.88. The molecule has 1 heterocycles. The van der Waals surface area contributed by atoms with E-state index in [9.17, 15) is 4.79 Å². The van der Waals surface area contributed by atoms with Gasteiger partial charge in [-0.05, 0) is 18.2 Å². The Morgan fingerprint density at radius 3 is 2.94 bits per heavy atom. The lowest BCUT2D eigenvalue weighted by molar-refractivity contribution is -0.141. The van der Waals surface area contributed by atoms with E-state index in [1.807, 2.05) is 0 Å². The van der Waals surface area contributed by atoms with Crippen LogP contribution in [0.4, 0.5) is 0 Å². The van der Waals surface area contributed by atoms with Gasteiger partial charge in [-0.3, -0.25) is 4.79 Å². The number of hydrogen-bond donors (Lipinski definition) is 2. The Labute approximate surface area is 105 Å². The Morgan fingerprint density at radius 1 is 1.53 bits per heavy atom. The van der Waals surface area contributed by atoms with Crippen molar-refractivity contribution in [3.63, 3.8) is 0 Å². The Balaban J connectivity index is 2.38. The third-order valence-electron chi connectivity index (χ3n) is 3.12. The van der Waals surface area contributed by atoms with Crippen molar-refractivity contribution in [3.8, 4) is 5.75 Å². The normalized spacial score (nSPS) is 23.6. The molecule has 17 heavy (non-hydrogen) atoms. The molecule has 1 fully saturated rings. The summed E-state index contributed by atoms with van der Waals surface area (Å²) in [6, 6.07) is 5.30. The SMILES string of the molecule is COc1ccc(Cl)cc1C1CNCC1C(=O)O. The smallest absolute Gasteiger partial charge is 0.308 e. The minimum absolute atomic E-state index is 0.0962. The van der Waals surface area contributed by atoms with Crippen LogP contribution in [-0.4, -0.2) is 31.3 Å². The van der Waals surface area contributed by atoms with Gasteiger partial charge < -0.3 is 15.2 Å². The number of hydrogen-bond acceptors (Lipinski definition) is 3. The van der Waals surface area contributed by atoms with E-state index in [0.717, 1.165) is 5.56 Å². The molecule has 0 spiro atoms. The van der Waals surface area contributed by atoms with Gasteiger partial charge in [0.15, 0.2) is 0 Å². The van der Waals surface area contributed by atoms with Crippen molar-refractivity contribution in [2.24, 2.45) is 5.92 Å². The van der Waals surface area contributed by atoms with E-state index >= 15 is 0 Å². The zero-order valence-electron chi connectivity index (χ0n) is 9.44. The van der Waals surface area contributed by atoms with Crippen molar-refractivity contribution in [2.45, 2.75) is 5.92 Å². The van der Waals surface area contributed by atoms with E-state index in [4.69, 9.17) is 21.4 Å². The van der Waals surface area contributed by atoms with Gasteiger partial charge in [0.05, 0.1) is 13.0 Å². The monoisotopic (exact) mass is 255 g/mol. The maximum atomic E-state index is 11.2. The fourth-order valence-corrected chi connectivity index (χ4v) is 2.44. The van der Waals surface area contributed by atoms with Crippen LogP contribution < -0.4 is 10.1 Å². The van der Waals surface area contributed by atoms with Crippen LogP contribution in [0, 0.1) is 5.92 Å². The fourth-order valence-electron chi connectivity index (χ4n) is 2.26. The molecule has 1 aromatic rings. The summed E-state index contributed by atoms with van der Waals surface area (Å²) in [5.41, 5.74) is 0.859. The van der Waals surface area contributed by atoms with E-state index in [1.54, 1.807) is 25.3 Å². The van der Waals surface area contributed by atoms with Gasteiger partial charge in [-0.15, -0.1) is 0 Å². The molecule has 0 aromatic heterocycles. The molecule has 1 aromatic carbocycles. The predicted octanol–water partition coefficient (Wildman–Crippen LogP) is 1.74. The number of aliphatic carboxylic acids is 1. The highest BCUT2D eigenvalue weighted by atomic mass is 35.5. The first-order chi connectivity index (χ1) is 8.13. The van der Waals surface area contributed by atoms with E-state index < -0.39 is 11.9 Å². The summed E-state index contributed by atoms with van der Waals surface area (Å²) >= 11 is 5.96. The highest BCUT2D eigenvalue weighted by molar-refractivity contribution is 6.30. The summed E-state index contributed by atoms with van der Waals surface area (Å²) in [5, 5.41) is 12.9. The molecule has 2 unspecified atom stereocenters. The maximum Gasteiger partial charge on any atom is 0.308 e. The number of methoxy groups -OCH3 is 1. The Morgan fingerprint density at radius 2 is 2.29 bits per heavy atom. The largest absolute Gasteiger partial charge is 0.496 e. The van der Waals surface area contributed by atoms with Gasteiger partial charge in [0.1, 0.15) is 5.75 Å². The number of ether oxygens (including phenoxy) is 1. The first-order valence-electron chi connectivity index (χ1n) is 5.40. The molecule has 4 nitrogen and oxygen atoms in total. The van der Waals surface area contributed by atoms with Crippen molar-refractivity contribution in [1.29, 1.82) is 0 Å². The number of rotatable bonds is 3. The Bertz CT molecular complexity index is 436. The van der Waals surface area contributed by atoms with Gasteiger partial charge in [0.2, 0.25) is 0 Å². The molecular weight excluding hydrogens is 242 g/mol. The Kier molecular flexibility index (Phi) is 3.54. The quantitative estimate of drug-likeness (QED) is 0.864. The van der Waals surface area contributed by atoms with Crippen molar-refractivity contribution in [1.82, 2.24) is 5.32 Å². The summed E-state index contributed by atoms with van der Waals surface area (Å²) in [5.74, 6) is -0.625. The Hall–Kier alpha value is -1.26. The summed E-state index contributed by atoms with van der Waals surface area (Å²) < 4.78 is 5.26. The summed E-state index contributed by atoms with van der Waals surface area (Å²) in [6.45, 7) is 1.11. The third-order valence-corrected chi connectivity index (χ3v) is 3.36. The fraction of sp³-hybridized carbons (Fsp3) is 0.417. The van der Waals surface area contributed by atoms with Crippen LogP contribution in [0.3, 0.4) is 0 Å². The van der Waals surface area contributed by atoms with E-state index in [0.29, 0.717) is 23.9 Å². The second-order valence-electron chi connectivity index (χ2n) is 4.10. The summed E-state index contributed by atoms with van der Waals surface area (Å²) in [6.07, 6.45) is 0. The number of benzene rings is 1. The number of halogens is 1. The molecule has 1 saturated heterocycles. The summed E-state index contributed by atoms with van der Waals surface area (Å²) in [4.78, 5) is 11.2. The van der Waals surface area contributed by atoms with Crippen LogP contribution >= 0.6 is 11.6 Å². The third kappa shape index (κ3) is 2.37. The molecule has 92 valence electrons. The molecule has 1 aliphatic heterocycles. The topological polar surface area (TPSA) is 58.6 Å². The lowest BCUT2D eigenvalue weighted by Gasteiger charge is -2.18. The van der Waals surface area contributed by atoms with E-state index in [-0.39, 0.29) is 5.92 Å². The molecule has 0 saturated carbocycles. The molecule has 0 radical (unpaired) electrons. The van der Waals surface area contributed by atoms with Crippen LogP contribution in [0.2, 0.25) is 5.02 Å². The molecule has 2 rings (SSSR count). The standard InChI is InChI=1S/C12H14ClNO3/c1-17-11-3-2-7(13)4-8(11)9-5-14-6-10(9)12(15)16/h2-4,9-10,14H,5-6H2,1H3,(H,15,16). The van der Waals surface area contributed by atoms with Crippen molar-refractivity contribution in [2.75, 3.05) is 20.2 Å². The molecule has 2 atom stereocenters. The predicted molar refractivity (Wildman–Crippen MR) is 64.7 cm³/mol. The first kappa shape index (κ1) is 12.2. The van der Waals surface area contributed by atoms with Crippen LogP contribution in [0.1, 0.15) is 11.5 Å². The van der Waals surface area contributed by atoms with Crippen LogP contribution in [0.5, 0.6) is 5.75 Å². The minimum atomic E-state index is -0.790. The second kappa shape index (κ2) is 4.94. The molecular formula is C12H14ClNO3. The van der Waals surface area contributed by atoms with Crippen LogP contribution in [-0.2, 0) is 4.79 Å². The molecule has 1 aliphatic rings. The zero-order valence-corrected chi connectivity index (χ0v) is 10.2. The van der Waals surface area contributed by atoms with Gasteiger partial charge in [-0.1, -0.05) is 11.6 Å². The number of carboxylic acid groups (broad SMARTS) is 1. The number of carboxylic acids is 1. The van der Waals surface area contributed by atoms with E-state index in [2.05, 4.69) is 5.32 Å². The number of nitrogens with one attached hydrogen (secondary N) is 1. The second-order valence-corrected chi connectivity index (χ2v) is 4.53. The van der Waals surface area contributed by atoms with Gasteiger partial charge in [0, 0.05) is 29.6 Å². The van der Waals surface area contributed by atoms with Gasteiger partial charge in [-0.25, -0.2) is 0 Å². The van der Waals surface area contributed by atoms with Crippen molar-refractivity contribution >= 4 is 17.6 Å². The van der Waals surface area contributed by atoms with Crippen molar-refractivity contribution < 1.29 is 14.6 Å². The highest BCUT2D eigenvalue weighted by Gasteiger charge is 2.35.